The Bertz CT molecular complexity index is 715. The van der Waals surface area contributed by atoms with Gasteiger partial charge in [0.1, 0.15) is 11.5 Å². The Balaban J connectivity index is 1.61. The van der Waals surface area contributed by atoms with Crippen molar-refractivity contribution in [1.82, 2.24) is 5.32 Å². The van der Waals surface area contributed by atoms with E-state index in [4.69, 9.17) is 14.2 Å². The highest BCUT2D eigenvalue weighted by Crippen LogP contribution is 2.16. The number of hydrogen-bond donors (Lipinski definition) is 1. The highest BCUT2D eigenvalue weighted by atomic mass is 16.6. The van der Waals surface area contributed by atoms with E-state index in [1.54, 1.807) is 31.4 Å². The first-order valence-electron chi connectivity index (χ1n) is 8.82. The average molecular weight is 371 g/mol. The van der Waals surface area contributed by atoms with E-state index in [9.17, 15) is 9.59 Å². The number of esters is 1. The van der Waals surface area contributed by atoms with Crippen LogP contribution in [-0.2, 0) is 20.7 Å². The van der Waals surface area contributed by atoms with Gasteiger partial charge in [-0.2, -0.15) is 0 Å². The highest BCUT2D eigenvalue weighted by molar-refractivity contribution is 5.81. The summed E-state index contributed by atoms with van der Waals surface area (Å²) in [5.74, 6) is 0.293. The van der Waals surface area contributed by atoms with Crippen LogP contribution in [0.3, 0.4) is 0 Å². The summed E-state index contributed by atoms with van der Waals surface area (Å²) in [6, 6.07) is 16.9. The Kier molecular flexibility index (Phi) is 8.16. The first kappa shape index (κ1) is 20.3. The van der Waals surface area contributed by atoms with E-state index in [2.05, 4.69) is 17.4 Å². The molecule has 2 aromatic carbocycles. The minimum atomic E-state index is -0.599. The smallest absolute Gasteiger partial charge is 0.344 e. The monoisotopic (exact) mass is 371 g/mol. The molecule has 0 fully saturated rings. The van der Waals surface area contributed by atoms with Gasteiger partial charge in [0.15, 0.2) is 13.2 Å². The van der Waals surface area contributed by atoms with E-state index in [-0.39, 0.29) is 25.2 Å². The fourth-order valence-corrected chi connectivity index (χ4v) is 2.42. The Hall–Kier alpha value is -3.02. The van der Waals surface area contributed by atoms with Crippen molar-refractivity contribution in [2.45, 2.75) is 25.8 Å². The number of hydrogen-bond acceptors (Lipinski definition) is 5. The van der Waals surface area contributed by atoms with Gasteiger partial charge < -0.3 is 19.5 Å². The quantitative estimate of drug-likeness (QED) is 0.650. The summed E-state index contributed by atoms with van der Waals surface area (Å²) < 4.78 is 15.3. The number of ether oxygens (including phenoxy) is 3. The third-order valence-electron chi connectivity index (χ3n) is 3.90. The molecule has 0 bridgehead atoms. The molecule has 0 unspecified atom stereocenters. The molecule has 27 heavy (non-hydrogen) atoms. The van der Waals surface area contributed by atoms with Crippen LogP contribution in [0.15, 0.2) is 54.6 Å². The normalized spacial score (nSPS) is 11.3. The molecule has 1 amide bonds. The Labute approximate surface area is 159 Å². The molecular formula is C21H25NO5. The maximum Gasteiger partial charge on any atom is 0.344 e. The van der Waals surface area contributed by atoms with Crippen molar-refractivity contribution in [3.63, 3.8) is 0 Å². The molecule has 6 heteroatoms. The Morgan fingerprint density at radius 1 is 0.963 bits per heavy atom. The Morgan fingerprint density at radius 3 is 2.30 bits per heavy atom. The second-order valence-corrected chi connectivity index (χ2v) is 6.12. The zero-order valence-corrected chi connectivity index (χ0v) is 15.6. The van der Waals surface area contributed by atoms with Crippen molar-refractivity contribution in [1.29, 1.82) is 0 Å². The molecule has 1 N–H and O–H groups in total. The molecule has 0 aliphatic heterocycles. The largest absolute Gasteiger partial charge is 0.497 e. The van der Waals surface area contributed by atoms with Crippen LogP contribution in [0.1, 0.15) is 18.9 Å². The van der Waals surface area contributed by atoms with E-state index >= 15 is 0 Å². The fraction of sp³-hybridized carbons (Fsp3) is 0.333. The van der Waals surface area contributed by atoms with Gasteiger partial charge >= 0.3 is 5.97 Å². The highest BCUT2D eigenvalue weighted by Gasteiger charge is 2.11. The van der Waals surface area contributed by atoms with Crippen LogP contribution in [0.4, 0.5) is 0 Å². The minimum absolute atomic E-state index is 0.00745. The SMILES string of the molecule is COc1ccc(OCC(=O)OCC(=O)N[C@@H](C)CCc2ccccc2)cc1. The van der Waals surface area contributed by atoms with E-state index in [1.807, 2.05) is 25.1 Å². The van der Waals surface area contributed by atoms with Gasteiger partial charge in [-0.25, -0.2) is 4.79 Å². The molecule has 0 aliphatic rings. The van der Waals surface area contributed by atoms with Crippen LogP contribution >= 0.6 is 0 Å². The number of amides is 1. The number of aryl methyl sites for hydroxylation is 1. The van der Waals surface area contributed by atoms with E-state index < -0.39 is 5.97 Å². The van der Waals surface area contributed by atoms with Crippen LogP contribution in [0.5, 0.6) is 11.5 Å². The van der Waals surface area contributed by atoms with Crippen LogP contribution in [0.25, 0.3) is 0 Å². The lowest BCUT2D eigenvalue weighted by Crippen LogP contribution is -2.36. The zero-order chi connectivity index (χ0) is 19.5. The predicted octanol–water partition coefficient (Wildman–Crippen LogP) is 2.75. The van der Waals surface area contributed by atoms with Crippen LogP contribution in [0.2, 0.25) is 0 Å². The topological polar surface area (TPSA) is 73.9 Å². The van der Waals surface area contributed by atoms with Crippen molar-refractivity contribution < 1.29 is 23.8 Å². The van der Waals surface area contributed by atoms with E-state index in [0.717, 1.165) is 12.8 Å². The summed E-state index contributed by atoms with van der Waals surface area (Å²) in [7, 11) is 1.57. The molecule has 0 spiro atoms. The van der Waals surface area contributed by atoms with Gasteiger partial charge in [-0.3, -0.25) is 4.79 Å². The lowest BCUT2D eigenvalue weighted by atomic mass is 10.1. The third-order valence-corrected chi connectivity index (χ3v) is 3.90. The van der Waals surface area contributed by atoms with Gasteiger partial charge in [0.2, 0.25) is 0 Å². The van der Waals surface area contributed by atoms with Crippen molar-refractivity contribution in [3.05, 3.63) is 60.2 Å². The average Bonchev–Trinajstić information content (AvgIpc) is 2.70. The van der Waals surface area contributed by atoms with Crippen molar-refractivity contribution in [2.75, 3.05) is 20.3 Å². The lowest BCUT2D eigenvalue weighted by Gasteiger charge is -2.14. The van der Waals surface area contributed by atoms with Gasteiger partial charge in [-0.15, -0.1) is 0 Å². The first-order chi connectivity index (χ1) is 13.1. The molecule has 0 heterocycles. The summed E-state index contributed by atoms with van der Waals surface area (Å²) in [5, 5.41) is 2.82. The summed E-state index contributed by atoms with van der Waals surface area (Å²) >= 11 is 0. The van der Waals surface area contributed by atoms with E-state index in [0.29, 0.717) is 11.5 Å². The molecule has 0 radical (unpaired) electrons. The fourth-order valence-electron chi connectivity index (χ4n) is 2.42. The molecule has 0 saturated carbocycles. The Morgan fingerprint density at radius 2 is 1.63 bits per heavy atom. The summed E-state index contributed by atoms with van der Waals surface area (Å²) in [5.41, 5.74) is 1.22. The molecule has 6 nitrogen and oxygen atoms in total. The predicted molar refractivity (Wildman–Crippen MR) is 102 cm³/mol. The van der Waals surface area contributed by atoms with E-state index in [1.165, 1.54) is 5.56 Å². The maximum atomic E-state index is 11.9. The molecule has 2 aromatic rings. The third kappa shape index (κ3) is 7.81. The van der Waals surface area contributed by atoms with Gasteiger partial charge in [-0.1, -0.05) is 30.3 Å². The lowest BCUT2D eigenvalue weighted by molar-refractivity contribution is -0.150. The summed E-state index contributed by atoms with van der Waals surface area (Å²) in [6.07, 6.45) is 1.68. The maximum absolute atomic E-state index is 11.9. The van der Waals surface area contributed by atoms with Crippen LogP contribution in [-0.4, -0.2) is 38.2 Å². The van der Waals surface area contributed by atoms with Crippen molar-refractivity contribution in [2.24, 2.45) is 0 Å². The number of rotatable bonds is 10. The molecule has 0 saturated heterocycles. The van der Waals surface area contributed by atoms with Gasteiger partial charge in [0.05, 0.1) is 7.11 Å². The molecule has 0 aromatic heterocycles. The van der Waals surface area contributed by atoms with Crippen LogP contribution < -0.4 is 14.8 Å². The molecule has 2 rings (SSSR count). The van der Waals surface area contributed by atoms with Crippen molar-refractivity contribution in [3.8, 4) is 11.5 Å². The number of methoxy groups -OCH3 is 1. The van der Waals surface area contributed by atoms with Gasteiger partial charge in [-0.05, 0) is 49.6 Å². The second-order valence-electron chi connectivity index (χ2n) is 6.12. The molecule has 1 atom stereocenters. The molecule has 144 valence electrons. The van der Waals surface area contributed by atoms with Crippen LogP contribution in [0, 0.1) is 0 Å². The standard InChI is InChI=1S/C21H25NO5/c1-16(8-9-17-6-4-3-5-7-17)22-20(23)14-27-21(24)15-26-19-12-10-18(25-2)11-13-19/h3-7,10-13,16H,8-9,14-15H2,1-2H3,(H,22,23)/t16-/m0/s1. The molecular weight excluding hydrogens is 346 g/mol. The minimum Gasteiger partial charge on any atom is -0.497 e. The number of carbonyl (C=O) groups excluding carboxylic acids is 2. The summed E-state index contributed by atoms with van der Waals surface area (Å²) in [4.78, 5) is 23.6. The van der Waals surface area contributed by atoms with Gasteiger partial charge in [0, 0.05) is 6.04 Å². The molecule has 0 aliphatic carbocycles. The number of benzene rings is 2. The zero-order valence-electron chi connectivity index (χ0n) is 15.6. The number of nitrogens with one attached hydrogen (secondary N) is 1. The van der Waals surface area contributed by atoms with Crippen molar-refractivity contribution >= 4 is 11.9 Å². The first-order valence-corrected chi connectivity index (χ1v) is 8.82. The summed E-state index contributed by atoms with van der Waals surface area (Å²) in [6.45, 7) is 1.35. The number of carbonyl (C=O) groups is 2. The second kappa shape index (κ2) is 10.9. The van der Waals surface area contributed by atoms with Gasteiger partial charge in [0.25, 0.3) is 5.91 Å².